The van der Waals surface area contributed by atoms with Gasteiger partial charge in [0.05, 0.1) is 0 Å². The zero-order valence-electron chi connectivity index (χ0n) is 12.2. The van der Waals surface area contributed by atoms with Gasteiger partial charge >= 0.3 is 0 Å². The van der Waals surface area contributed by atoms with E-state index < -0.39 is 0 Å². The molecule has 1 aromatic heterocycles. The van der Waals surface area contributed by atoms with Crippen LogP contribution in [-0.2, 0) is 13.0 Å². The van der Waals surface area contributed by atoms with Gasteiger partial charge in [0, 0.05) is 25.1 Å². The van der Waals surface area contributed by atoms with E-state index in [0.717, 1.165) is 43.0 Å². The first kappa shape index (κ1) is 14.7. The monoisotopic (exact) mass is 274 g/mol. The minimum absolute atomic E-state index is 0.541. The molecule has 1 heterocycles. The molecule has 0 atom stereocenters. The first-order valence-electron chi connectivity index (χ1n) is 7.11. The third-order valence-electron chi connectivity index (χ3n) is 3.45. The highest BCUT2D eigenvalue weighted by atomic mass is 16.5. The molecule has 0 amide bonds. The van der Waals surface area contributed by atoms with Crippen LogP contribution in [0.4, 0.5) is 0 Å². The number of aromatic nitrogens is 2. The summed E-state index contributed by atoms with van der Waals surface area (Å²) in [6, 6.07) is 7.89. The maximum atomic E-state index is 5.58. The molecule has 0 bridgehead atoms. The molecule has 0 saturated carbocycles. The zero-order chi connectivity index (χ0) is 14.4. The molecule has 0 aliphatic heterocycles. The van der Waals surface area contributed by atoms with E-state index in [4.69, 9.17) is 10.3 Å². The maximum Gasteiger partial charge on any atom is 0.257 e. The summed E-state index contributed by atoms with van der Waals surface area (Å²) in [5, 5.41) is 4.04. The first-order chi connectivity index (χ1) is 9.76. The molecule has 2 aromatic rings. The van der Waals surface area contributed by atoms with Crippen molar-refractivity contribution >= 4 is 0 Å². The second-order valence-electron chi connectivity index (χ2n) is 4.69. The van der Waals surface area contributed by atoms with E-state index in [1.54, 1.807) is 0 Å². The highest BCUT2D eigenvalue weighted by Crippen LogP contribution is 2.17. The van der Waals surface area contributed by atoms with Gasteiger partial charge in [0.1, 0.15) is 0 Å². The van der Waals surface area contributed by atoms with Crippen LogP contribution in [0.1, 0.15) is 25.2 Å². The van der Waals surface area contributed by atoms with Crippen molar-refractivity contribution in [3.8, 4) is 11.5 Å². The lowest BCUT2D eigenvalue weighted by Crippen LogP contribution is -2.25. The highest BCUT2D eigenvalue weighted by molar-refractivity contribution is 5.53. The molecule has 0 spiro atoms. The second kappa shape index (κ2) is 7.17. The van der Waals surface area contributed by atoms with Gasteiger partial charge in [-0.25, -0.2) is 0 Å². The third-order valence-corrected chi connectivity index (χ3v) is 3.45. The lowest BCUT2D eigenvalue weighted by molar-refractivity contribution is 0.303. The highest BCUT2D eigenvalue weighted by Gasteiger charge is 2.09. The van der Waals surface area contributed by atoms with Crippen molar-refractivity contribution in [2.45, 2.75) is 26.8 Å². The smallest absolute Gasteiger partial charge is 0.257 e. The minimum atomic E-state index is 0.541. The van der Waals surface area contributed by atoms with Crippen LogP contribution in [0.2, 0.25) is 0 Å². The van der Waals surface area contributed by atoms with Crippen LogP contribution >= 0.6 is 0 Å². The predicted octanol–water partition coefficient (Wildman–Crippen LogP) is 2.08. The van der Waals surface area contributed by atoms with Crippen LogP contribution in [0.25, 0.3) is 11.5 Å². The number of nitrogens with zero attached hydrogens (tertiary/aromatic N) is 3. The topological polar surface area (TPSA) is 68.2 Å². The van der Waals surface area contributed by atoms with E-state index >= 15 is 0 Å². The van der Waals surface area contributed by atoms with Crippen LogP contribution in [0.5, 0.6) is 0 Å². The molecule has 5 heteroatoms. The third kappa shape index (κ3) is 3.65. The van der Waals surface area contributed by atoms with Crippen LogP contribution in [0, 0.1) is 0 Å². The average molecular weight is 274 g/mol. The predicted molar refractivity (Wildman–Crippen MR) is 79.1 cm³/mol. The van der Waals surface area contributed by atoms with E-state index in [2.05, 4.69) is 28.9 Å². The molecular formula is C15H22N4O. The molecule has 1 aromatic carbocycles. The SMILES string of the molecule is CCN(CC)CCc1noc(-c2ccc(CN)cc2)n1. The quantitative estimate of drug-likeness (QED) is 0.837. The van der Waals surface area contributed by atoms with Crippen molar-refractivity contribution in [1.82, 2.24) is 15.0 Å². The van der Waals surface area contributed by atoms with E-state index in [1.807, 2.05) is 24.3 Å². The van der Waals surface area contributed by atoms with E-state index in [-0.39, 0.29) is 0 Å². The van der Waals surface area contributed by atoms with Gasteiger partial charge in [-0.2, -0.15) is 4.98 Å². The van der Waals surface area contributed by atoms with Gasteiger partial charge in [-0.1, -0.05) is 31.1 Å². The van der Waals surface area contributed by atoms with Crippen molar-refractivity contribution in [2.24, 2.45) is 5.73 Å². The zero-order valence-corrected chi connectivity index (χ0v) is 12.2. The minimum Gasteiger partial charge on any atom is -0.334 e. The van der Waals surface area contributed by atoms with Gasteiger partial charge in [-0.15, -0.1) is 0 Å². The Bertz CT molecular complexity index is 517. The summed E-state index contributed by atoms with van der Waals surface area (Å²) >= 11 is 0. The van der Waals surface area contributed by atoms with Crippen molar-refractivity contribution < 1.29 is 4.52 Å². The van der Waals surface area contributed by atoms with Crippen molar-refractivity contribution in [2.75, 3.05) is 19.6 Å². The summed E-state index contributed by atoms with van der Waals surface area (Å²) in [4.78, 5) is 6.78. The largest absolute Gasteiger partial charge is 0.334 e. The average Bonchev–Trinajstić information content (AvgIpc) is 2.97. The number of hydrogen-bond donors (Lipinski definition) is 1. The Morgan fingerprint density at radius 3 is 2.45 bits per heavy atom. The molecule has 5 nitrogen and oxygen atoms in total. The second-order valence-corrected chi connectivity index (χ2v) is 4.69. The standard InChI is InChI=1S/C15H22N4O/c1-3-19(4-2)10-9-14-17-15(20-18-14)13-7-5-12(11-16)6-8-13/h5-8H,3-4,9-11,16H2,1-2H3. The first-order valence-corrected chi connectivity index (χ1v) is 7.11. The summed E-state index contributed by atoms with van der Waals surface area (Å²) in [5.41, 5.74) is 7.61. The molecule has 0 unspecified atom stereocenters. The van der Waals surface area contributed by atoms with Gasteiger partial charge in [-0.05, 0) is 30.8 Å². The van der Waals surface area contributed by atoms with Crippen LogP contribution in [-0.4, -0.2) is 34.7 Å². The molecule has 0 aliphatic carbocycles. The summed E-state index contributed by atoms with van der Waals surface area (Å²) in [6.07, 6.45) is 0.812. The van der Waals surface area contributed by atoms with Gasteiger partial charge in [0.15, 0.2) is 5.82 Å². The number of hydrogen-bond acceptors (Lipinski definition) is 5. The maximum absolute atomic E-state index is 5.58. The fourth-order valence-corrected chi connectivity index (χ4v) is 2.05. The number of nitrogens with two attached hydrogens (primary N) is 1. The Morgan fingerprint density at radius 1 is 1.15 bits per heavy atom. The molecule has 0 radical (unpaired) electrons. The number of rotatable bonds is 7. The molecule has 0 fully saturated rings. The molecule has 108 valence electrons. The summed E-state index contributed by atoms with van der Waals surface area (Å²) in [5.74, 6) is 1.33. The van der Waals surface area contributed by atoms with Crippen molar-refractivity contribution in [3.63, 3.8) is 0 Å². The van der Waals surface area contributed by atoms with Crippen molar-refractivity contribution in [1.29, 1.82) is 0 Å². The van der Waals surface area contributed by atoms with Gasteiger partial charge < -0.3 is 15.2 Å². The molecule has 2 rings (SSSR count). The fraction of sp³-hybridized carbons (Fsp3) is 0.467. The lowest BCUT2D eigenvalue weighted by atomic mass is 10.1. The molecular weight excluding hydrogens is 252 g/mol. The number of likely N-dealkylation sites (N-methyl/N-ethyl adjacent to an activating group) is 1. The Hall–Kier alpha value is -1.72. The van der Waals surface area contributed by atoms with Crippen LogP contribution < -0.4 is 5.73 Å². The normalized spacial score (nSPS) is 11.2. The van der Waals surface area contributed by atoms with E-state index in [0.29, 0.717) is 12.4 Å². The van der Waals surface area contributed by atoms with Crippen LogP contribution in [0.15, 0.2) is 28.8 Å². The Morgan fingerprint density at radius 2 is 1.85 bits per heavy atom. The summed E-state index contributed by atoms with van der Waals surface area (Å²) in [6.45, 7) is 7.90. The fourth-order valence-electron chi connectivity index (χ4n) is 2.05. The molecule has 2 N–H and O–H groups in total. The van der Waals surface area contributed by atoms with E-state index in [9.17, 15) is 0 Å². The summed E-state index contributed by atoms with van der Waals surface area (Å²) in [7, 11) is 0. The molecule has 20 heavy (non-hydrogen) atoms. The molecule has 0 aliphatic rings. The Balaban J connectivity index is 2.00. The van der Waals surface area contributed by atoms with Gasteiger partial charge in [0.25, 0.3) is 5.89 Å². The van der Waals surface area contributed by atoms with Crippen LogP contribution in [0.3, 0.4) is 0 Å². The Labute approximate surface area is 119 Å². The van der Waals surface area contributed by atoms with Gasteiger partial charge in [-0.3, -0.25) is 0 Å². The van der Waals surface area contributed by atoms with Gasteiger partial charge in [0.2, 0.25) is 0 Å². The number of benzene rings is 1. The Kier molecular flexibility index (Phi) is 5.26. The summed E-state index contributed by atoms with van der Waals surface area (Å²) < 4.78 is 5.31. The lowest BCUT2D eigenvalue weighted by Gasteiger charge is -2.16. The van der Waals surface area contributed by atoms with Crippen molar-refractivity contribution in [3.05, 3.63) is 35.7 Å². The molecule has 0 saturated heterocycles. The van der Waals surface area contributed by atoms with E-state index in [1.165, 1.54) is 0 Å².